The number of likely N-dealkylation sites (tertiary alicyclic amines) is 1. The van der Waals surface area contributed by atoms with Crippen molar-refractivity contribution in [3.63, 3.8) is 0 Å². The van der Waals surface area contributed by atoms with Crippen LogP contribution in [0, 0.1) is 0 Å². The van der Waals surface area contributed by atoms with Gasteiger partial charge in [-0.2, -0.15) is 0 Å². The van der Waals surface area contributed by atoms with Crippen LogP contribution in [0.4, 0.5) is 0 Å². The summed E-state index contributed by atoms with van der Waals surface area (Å²) in [6.07, 6.45) is 2.42. The Kier molecular flexibility index (Phi) is 5.80. The van der Waals surface area contributed by atoms with Crippen molar-refractivity contribution < 1.29 is 4.90 Å². The Balaban J connectivity index is 1.68. The Morgan fingerprint density at radius 3 is 2.50 bits per heavy atom. The van der Waals surface area contributed by atoms with Gasteiger partial charge < -0.3 is 15.5 Å². The summed E-state index contributed by atoms with van der Waals surface area (Å²) in [4.78, 5) is 1.71. The number of hydrogen-bond acceptors (Lipinski definition) is 1. The van der Waals surface area contributed by atoms with Crippen molar-refractivity contribution in [2.75, 3.05) is 13.1 Å². The zero-order valence-corrected chi connectivity index (χ0v) is 13.3. The van der Waals surface area contributed by atoms with Gasteiger partial charge in [-0.1, -0.05) is 30.3 Å². The first-order valence-corrected chi connectivity index (χ1v) is 7.99. The molecule has 110 valence electrons. The molecule has 0 unspecified atom stereocenters. The van der Waals surface area contributed by atoms with Gasteiger partial charge in [0.2, 0.25) is 0 Å². The first-order chi connectivity index (χ1) is 9.65. The lowest BCUT2D eigenvalue weighted by Crippen LogP contribution is -3.16. The predicted molar refractivity (Wildman–Crippen MR) is 87.9 cm³/mol. The van der Waals surface area contributed by atoms with Crippen LogP contribution >= 0.6 is 12.2 Å². The number of piperidine rings is 1. The Labute approximate surface area is 127 Å². The van der Waals surface area contributed by atoms with Crippen LogP contribution in [0.25, 0.3) is 0 Å². The molecule has 3 N–H and O–H groups in total. The van der Waals surface area contributed by atoms with Crippen molar-refractivity contribution >= 4 is 17.3 Å². The summed E-state index contributed by atoms with van der Waals surface area (Å²) in [5.41, 5.74) is 1.26. The van der Waals surface area contributed by atoms with Crippen LogP contribution < -0.4 is 15.5 Å². The third kappa shape index (κ3) is 4.76. The van der Waals surface area contributed by atoms with Crippen LogP contribution in [0.2, 0.25) is 0 Å². The molecule has 0 bridgehead atoms. The first kappa shape index (κ1) is 15.3. The van der Waals surface area contributed by atoms with Crippen molar-refractivity contribution in [2.24, 2.45) is 0 Å². The van der Waals surface area contributed by atoms with Crippen molar-refractivity contribution in [2.45, 2.75) is 45.3 Å². The molecule has 0 saturated carbocycles. The topological polar surface area (TPSA) is 28.5 Å². The van der Waals surface area contributed by atoms with Crippen molar-refractivity contribution in [1.29, 1.82) is 0 Å². The van der Waals surface area contributed by atoms with Gasteiger partial charge in [0.25, 0.3) is 0 Å². The molecule has 20 heavy (non-hydrogen) atoms. The molecule has 1 aliphatic rings. The van der Waals surface area contributed by atoms with E-state index in [1.165, 1.54) is 31.5 Å². The van der Waals surface area contributed by atoms with Crippen LogP contribution in [0.3, 0.4) is 0 Å². The Morgan fingerprint density at radius 1 is 1.25 bits per heavy atom. The van der Waals surface area contributed by atoms with E-state index in [1.807, 2.05) is 6.07 Å². The second kappa shape index (κ2) is 7.60. The summed E-state index contributed by atoms with van der Waals surface area (Å²) in [5.74, 6) is 0. The highest BCUT2D eigenvalue weighted by Crippen LogP contribution is 2.01. The molecule has 0 atom stereocenters. The molecule has 0 radical (unpaired) electrons. The van der Waals surface area contributed by atoms with Gasteiger partial charge in [0.05, 0.1) is 19.1 Å². The van der Waals surface area contributed by atoms with Gasteiger partial charge in [0.15, 0.2) is 5.11 Å². The second-order valence-electron chi connectivity index (χ2n) is 5.90. The lowest BCUT2D eigenvalue weighted by Gasteiger charge is -2.32. The van der Waals surface area contributed by atoms with Crippen LogP contribution in [0.1, 0.15) is 32.3 Å². The minimum Gasteiger partial charge on any atom is -0.360 e. The Hall–Kier alpha value is -1.13. The van der Waals surface area contributed by atoms with Crippen LogP contribution in [0.15, 0.2) is 30.3 Å². The van der Waals surface area contributed by atoms with E-state index in [4.69, 9.17) is 12.2 Å². The van der Waals surface area contributed by atoms with Crippen molar-refractivity contribution in [3.05, 3.63) is 35.9 Å². The standard InChI is InChI=1S/C16H25N3S/c1-13(2)19-10-8-15(9-11-19)18-16(20)17-12-14-6-4-3-5-7-14/h3-7,13,15H,8-12H2,1-2H3,(H2,17,18,20)/p+1. The largest absolute Gasteiger partial charge is 0.360 e. The molecule has 2 rings (SSSR count). The minimum atomic E-state index is 0.535. The van der Waals surface area contributed by atoms with Crippen LogP contribution in [-0.4, -0.2) is 30.3 Å². The third-order valence-electron chi connectivity index (χ3n) is 4.08. The number of thiocarbonyl (C=S) groups is 1. The third-order valence-corrected chi connectivity index (χ3v) is 4.34. The molecule has 1 saturated heterocycles. The molecule has 0 amide bonds. The number of hydrogen-bond donors (Lipinski definition) is 3. The van der Waals surface area contributed by atoms with Gasteiger partial charge in [-0.25, -0.2) is 0 Å². The average Bonchev–Trinajstić information content (AvgIpc) is 2.47. The normalized spacial score (nSPS) is 22.6. The second-order valence-corrected chi connectivity index (χ2v) is 6.31. The highest BCUT2D eigenvalue weighted by Gasteiger charge is 2.23. The maximum atomic E-state index is 5.39. The number of quaternary nitrogens is 1. The van der Waals surface area contributed by atoms with Gasteiger partial charge in [-0.05, 0) is 31.6 Å². The van der Waals surface area contributed by atoms with E-state index in [2.05, 4.69) is 48.7 Å². The molecular formula is C16H26N3S+. The van der Waals surface area contributed by atoms with Crippen molar-refractivity contribution in [3.8, 4) is 0 Å². The van der Waals surface area contributed by atoms with Gasteiger partial charge in [0.1, 0.15) is 0 Å². The average molecular weight is 292 g/mol. The SMILES string of the molecule is CC(C)[NH+]1CCC(NC(=S)NCc2ccccc2)CC1. The molecule has 1 heterocycles. The maximum Gasteiger partial charge on any atom is 0.166 e. The number of benzene rings is 1. The molecule has 1 aromatic rings. The van der Waals surface area contributed by atoms with Crippen LogP contribution in [-0.2, 0) is 6.54 Å². The molecule has 3 nitrogen and oxygen atoms in total. The zero-order valence-electron chi connectivity index (χ0n) is 12.5. The predicted octanol–water partition coefficient (Wildman–Crippen LogP) is 1.11. The molecule has 0 spiro atoms. The highest BCUT2D eigenvalue weighted by atomic mass is 32.1. The fourth-order valence-electron chi connectivity index (χ4n) is 2.72. The van der Waals surface area contributed by atoms with E-state index in [-0.39, 0.29) is 0 Å². The summed E-state index contributed by atoms with van der Waals surface area (Å²) in [6.45, 7) is 7.89. The summed E-state index contributed by atoms with van der Waals surface area (Å²) >= 11 is 5.39. The molecular weight excluding hydrogens is 266 g/mol. The Morgan fingerprint density at radius 2 is 1.90 bits per heavy atom. The van der Waals surface area contributed by atoms with Crippen LogP contribution in [0.5, 0.6) is 0 Å². The highest BCUT2D eigenvalue weighted by molar-refractivity contribution is 7.80. The molecule has 0 aromatic heterocycles. The van der Waals surface area contributed by atoms with E-state index in [1.54, 1.807) is 4.90 Å². The fourth-order valence-corrected chi connectivity index (χ4v) is 2.96. The van der Waals surface area contributed by atoms with Gasteiger partial charge in [0, 0.05) is 25.4 Å². The zero-order chi connectivity index (χ0) is 14.4. The summed E-state index contributed by atoms with van der Waals surface area (Å²) < 4.78 is 0. The smallest absolute Gasteiger partial charge is 0.166 e. The fraction of sp³-hybridized carbons (Fsp3) is 0.562. The molecule has 1 aliphatic heterocycles. The van der Waals surface area contributed by atoms with Gasteiger partial charge in [-0.3, -0.25) is 0 Å². The molecule has 0 aliphatic carbocycles. The van der Waals surface area contributed by atoms with E-state index < -0.39 is 0 Å². The lowest BCUT2D eigenvalue weighted by molar-refractivity contribution is -0.926. The van der Waals surface area contributed by atoms with E-state index in [9.17, 15) is 0 Å². The lowest BCUT2D eigenvalue weighted by atomic mass is 10.0. The maximum absolute atomic E-state index is 5.39. The van der Waals surface area contributed by atoms with E-state index in [0.717, 1.165) is 17.7 Å². The molecule has 1 fully saturated rings. The summed E-state index contributed by atoms with van der Waals surface area (Å²) in [7, 11) is 0. The first-order valence-electron chi connectivity index (χ1n) is 7.58. The van der Waals surface area contributed by atoms with Gasteiger partial charge in [-0.15, -0.1) is 0 Å². The minimum absolute atomic E-state index is 0.535. The summed E-state index contributed by atoms with van der Waals surface area (Å²) in [5, 5.41) is 7.53. The Bertz CT molecular complexity index is 411. The number of nitrogens with one attached hydrogen (secondary N) is 3. The van der Waals surface area contributed by atoms with Gasteiger partial charge >= 0.3 is 0 Å². The molecule has 4 heteroatoms. The van der Waals surface area contributed by atoms with Crippen molar-refractivity contribution in [1.82, 2.24) is 10.6 Å². The van der Waals surface area contributed by atoms with E-state index in [0.29, 0.717) is 6.04 Å². The monoisotopic (exact) mass is 292 g/mol. The summed E-state index contributed by atoms with van der Waals surface area (Å²) in [6, 6.07) is 11.6. The van der Waals surface area contributed by atoms with E-state index >= 15 is 0 Å². The molecule has 1 aromatic carbocycles. The number of rotatable bonds is 4. The quantitative estimate of drug-likeness (QED) is 0.726.